The quantitative estimate of drug-likeness (QED) is 0.659. The molecule has 0 spiro atoms. The number of ether oxygens (including phenoxy) is 1. The summed E-state index contributed by atoms with van der Waals surface area (Å²) in [6.45, 7) is 4.87. The fourth-order valence-electron chi connectivity index (χ4n) is 3.46. The number of hydrogen-bond donors (Lipinski definition) is 1. The Morgan fingerprint density at radius 2 is 2.00 bits per heavy atom. The monoisotopic (exact) mass is 397 g/mol. The van der Waals surface area contributed by atoms with Gasteiger partial charge in [0.15, 0.2) is 0 Å². The van der Waals surface area contributed by atoms with Crippen LogP contribution >= 0.6 is 0 Å². The standard InChI is InChI=1S/C20H23N5O4/c1-14-6-7-18(29-14)17(24-8-10-28-11-9-24)12-21-19(26)13-25-20(27)15-4-2-3-5-16(15)22-23-25/h2-7,17H,8-13H2,1H3,(H,21,26). The zero-order valence-electron chi connectivity index (χ0n) is 16.2. The van der Waals surface area contributed by atoms with Crippen LogP contribution in [0.3, 0.4) is 0 Å². The lowest BCUT2D eigenvalue weighted by Crippen LogP contribution is -2.44. The number of nitrogens with one attached hydrogen (secondary N) is 1. The van der Waals surface area contributed by atoms with Crippen molar-refractivity contribution in [2.24, 2.45) is 0 Å². The first-order valence-electron chi connectivity index (χ1n) is 9.59. The van der Waals surface area contributed by atoms with Gasteiger partial charge in [-0.2, -0.15) is 0 Å². The fourth-order valence-corrected chi connectivity index (χ4v) is 3.46. The van der Waals surface area contributed by atoms with E-state index in [0.717, 1.165) is 29.3 Å². The van der Waals surface area contributed by atoms with Crippen molar-refractivity contribution in [2.75, 3.05) is 32.8 Å². The number of fused-ring (bicyclic) bond motifs is 1. The van der Waals surface area contributed by atoms with Crippen LogP contribution < -0.4 is 10.9 Å². The predicted octanol–water partition coefficient (Wildman–Crippen LogP) is 0.883. The van der Waals surface area contributed by atoms with Gasteiger partial charge in [-0.15, -0.1) is 5.10 Å². The lowest BCUT2D eigenvalue weighted by Gasteiger charge is -2.33. The van der Waals surface area contributed by atoms with Crippen molar-refractivity contribution in [3.8, 4) is 0 Å². The van der Waals surface area contributed by atoms with Crippen LogP contribution in [0.5, 0.6) is 0 Å². The number of carbonyl (C=O) groups excluding carboxylic acids is 1. The molecule has 29 heavy (non-hydrogen) atoms. The minimum absolute atomic E-state index is 0.101. The van der Waals surface area contributed by atoms with Crippen molar-refractivity contribution in [1.82, 2.24) is 25.2 Å². The number of benzene rings is 1. The van der Waals surface area contributed by atoms with Crippen molar-refractivity contribution in [3.05, 3.63) is 58.3 Å². The Balaban J connectivity index is 1.45. The molecule has 0 bridgehead atoms. The van der Waals surface area contributed by atoms with Gasteiger partial charge in [0, 0.05) is 19.6 Å². The topological polar surface area (TPSA) is 102 Å². The lowest BCUT2D eigenvalue weighted by molar-refractivity contribution is -0.122. The van der Waals surface area contributed by atoms with Crippen molar-refractivity contribution >= 4 is 16.8 Å². The van der Waals surface area contributed by atoms with E-state index in [9.17, 15) is 9.59 Å². The van der Waals surface area contributed by atoms with Gasteiger partial charge >= 0.3 is 0 Å². The Morgan fingerprint density at radius 1 is 1.21 bits per heavy atom. The molecule has 1 aliphatic rings. The zero-order chi connectivity index (χ0) is 20.2. The van der Waals surface area contributed by atoms with Gasteiger partial charge in [0.05, 0.1) is 24.6 Å². The van der Waals surface area contributed by atoms with E-state index in [1.807, 2.05) is 19.1 Å². The molecule has 0 radical (unpaired) electrons. The van der Waals surface area contributed by atoms with E-state index >= 15 is 0 Å². The average molecular weight is 397 g/mol. The number of nitrogens with zero attached hydrogens (tertiary/aromatic N) is 4. The molecule has 1 amide bonds. The third-order valence-electron chi connectivity index (χ3n) is 4.99. The molecular weight excluding hydrogens is 374 g/mol. The molecule has 152 valence electrons. The number of aromatic nitrogens is 3. The van der Waals surface area contributed by atoms with Crippen molar-refractivity contribution in [2.45, 2.75) is 19.5 Å². The molecule has 0 aliphatic carbocycles. The number of amides is 1. The van der Waals surface area contributed by atoms with Gasteiger partial charge in [-0.1, -0.05) is 17.3 Å². The third kappa shape index (κ3) is 4.36. The van der Waals surface area contributed by atoms with Crippen LogP contribution in [-0.4, -0.2) is 58.6 Å². The van der Waals surface area contributed by atoms with Crippen LogP contribution in [0.15, 0.2) is 45.6 Å². The number of hydrogen-bond acceptors (Lipinski definition) is 7. The molecule has 3 heterocycles. The molecule has 1 unspecified atom stereocenters. The molecule has 9 heteroatoms. The summed E-state index contributed by atoms with van der Waals surface area (Å²) in [4.78, 5) is 27.3. The Labute approximate surface area is 167 Å². The number of furan rings is 1. The Hall–Kier alpha value is -3.04. The Morgan fingerprint density at radius 3 is 2.76 bits per heavy atom. The summed E-state index contributed by atoms with van der Waals surface area (Å²) in [5.74, 6) is 1.31. The largest absolute Gasteiger partial charge is 0.465 e. The fraction of sp³-hybridized carbons (Fsp3) is 0.400. The van der Waals surface area contributed by atoms with Crippen LogP contribution in [-0.2, 0) is 16.1 Å². The van der Waals surface area contributed by atoms with Crippen LogP contribution in [0.2, 0.25) is 0 Å². The summed E-state index contributed by atoms with van der Waals surface area (Å²) in [7, 11) is 0. The van der Waals surface area contributed by atoms with Crippen LogP contribution in [0.1, 0.15) is 17.6 Å². The van der Waals surface area contributed by atoms with E-state index in [1.165, 1.54) is 0 Å². The lowest BCUT2D eigenvalue weighted by atomic mass is 10.1. The Kier molecular flexibility index (Phi) is 5.68. The summed E-state index contributed by atoms with van der Waals surface area (Å²) in [6.07, 6.45) is 0. The summed E-state index contributed by atoms with van der Waals surface area (Å²) in [5, 5.41) is 11.2. The minimum atomic E-state index is -0.336. The first-order valence-corrected chi connectivity index (χ1v) is 9.59. The summed E-state index contributed by atoms with van der Waals surface area (Å²) < 4.78 is 12.3. The van der Waals surface area contributed by atoms with E-state index in [1.54, 1.807) is 24.3 Å². The Bertz CT molecular complexity index is 1050. The molecule has 1 saturated heterocycles. The molecular formula is C20H23N5O4. The number of carbonyl (C=O) groups is 1. The van der Waals surface area contributed by atoms with Crippen LogP contribution in [0.4, 0.5) is 0 Å². The number of aryl methyl sites for hydroxylation is 1. The molecule has 9 nitrogen and oxygen atoms in total. The number of rotatable bonds is 6. The molecule has 2 aromatic heterocycles. The minimum Gasteiger partial charge on any atom is -0.465 e. The van der Waals surface area contributed by atoms with Crippen LogP contribution in [0.25, 0.3) is 10.9 Å². The maximum Gasteiger partial charge on any atom is 0.278 e. The van der Waals surface area contributed by atoms with Gasteiger partial charge in [0.2, 0.25) is 5.91 Å². The SMILES string of the molecule is Cc1ccc(C(CNC(=O)Cn2nnc3ccccc3c2=O)N2CCOCC2)o1. The van der Waals surface area contributed by atoms with Crippen molar-refractivity contribution in [3.63, 3.8) is 0 Å². The van der Waals surface area contributed by atoms with Crippen molar-refractivity contribution < 1.29 is 13.9 Å². The van der Waals surface area contributed by atoms with Crippen LogP contribution in [0, 0.1) is 6.92 Å². The van der Waals surface area contributed by atoms with E-state index in [4.69, 9.17) is 9.15 Å². The third-order valence-corrected chi connectivity index (χ3v) is 4.99. The number of morpholine rings is 1. The van der Waals surface area contributed by atoms with Gasteiger partial charge in [-0.25, -0.2) is 4.68 Å². The smallest absolute Gasteiger partial charge is 0.278 e. The maximum atomic E-state index is 12.5. The van der Waals surface area contributed by atoms with Crippen molar-refractivity contribution in [1.29, 1.82) is 0 Å². The second-order valence-electron chi connectivity index (χ2n) is 6.99. The molecule has 1 atom stereocenters. The van der Waals surface area contributed by atoms with Gasteiger partial charge in [-0.05, 0) is 31.2 Å². The maximum absolute atomic E-state index is 12.5. The van der Waals surface area contributed by atoms with E-state index < -0.39 is 0 Å². The van der Waals surface area contributed by atoms with Gasteiger partial charge in [-0.3, -0.25) is 14.5 Å². The highest BCUT2D eigenvalue weighted by atomic mass is 16.5. The molecule has 4 rings (SSSR count). The predicted molar refractivity (Wildman–Crippen MR) is 105 cm³/mol. The molecule has 1 aliphatic heterocycles. The zero-order valence-corrected chi connectivity index (χ0v) is 16.2. The second kappa shape index (κ2) is 8.54. The summed E-state index contributed by atoms with van der Waals surface area (Å²) in [6, 6.07) is 10.7. The second-order valence-corrected chi connectivity index (χ2v) is 6.99. The van der Waals surface area contributed by atoms with E-state index in [0.29, 0.717) is 30.7 Å². The normalized spacial score (nSPS) is 16.0. The molecule has 1 N–H and O–H groups in total. The average Bonchev–Trinajstić information content (AvgIpc) is 3.17. The first-order chi connectivity index (χ1) is 14.1. The highest BCUT2D eigenvalue weighted by Gasteiger charge is 2.25. The van der Waals surface area contributed by atoms with E-state index in [-0.39, 0.29) is 24.1 Å². The highest BCUT2D eigenvalue weighted by Crippen LogP contribution is 2.23. The van der Waals surface area contributed by atoms with Gasteiger partial charge in [0.25, 0.3) is 5.56 Å². The first kappa shape index (κ1) is 19.3. The highest BCUT2D eigenvalue weighted by molar-refractivity contribution is 5.78. The molecule has 1 aromatic carbocycles. The van der Waals surface area contributed by atoms with Gasteiger partial charge < -0.3 is 14.5 Å². The van der Waals surface area contributed by atoms with E-state index in [2.05, 4.69) is 20.5 Å². The van der Waals surface area contributed by atoms with Gasteiger partial charge in [0.1, 0.15) is 23.6 Å². The summed E-state index contributed by atoms with van der Waals surface area (Å²) in [5.41, 5.74) is 0.173. The molecule has 0 saturated carbocycles. The summed E-state index contributed by atoms with van der Waals surface area (Å²) >= 11 is 0. The molecule has 1 fully saturated rings. The molecule has 3 aromatic rings.